The van der Waals surface area contributed by atoms with Crippen LogP contribution in [0.15, 0.2) is 22.7 Å². The fourth-order valence-corrected chi connectivity index (χ4v) is 2.63. The van der Waals surface area contributed by atoms with Gasteiger partial charge in [0.05, 0.1) is 5.56 Å². The highest BCUT2D eigenvalue weighted by Crippen LogP contribution is 2.29. The van der Waals surface area contributed by atoms with Crippen molar-refractivity contribution >= 4 is 21.8 Å². The summed E-state index contributed by atoms with van der Waals surface area (Å²) in [4.78, 5) is 12.0. The Kier molecular flexibility index (Phi) is 3.52. The molecule has 1 N–H and O–H groups in total. The van der Waals surface area contributed by atoms with Gasteiger partial charge in [-0.15, -0.1) is 0 Å². The smallest absolute Gasteiger partial charge is 0.254 e. The quantitative estimate of drug-likeness (QED) is 0.887. The maximum absolute atomic E-state index is 13.6. The summed E-state index contributed by atoms with van der Waals surface area (Å²) in [6, 6.07) is 4.49. The highest BCUT2D eigenvalue weighted by Gasteiger charge is 2.30. The molecule has 4 heteroatoms. The third kappa shape index (κ3) is 2.86. The molecule has 0 bridgehead atoms. The predicted molar refractivity (Wildman–Crippen MR) is 68.4 cm³/mol. The van der Waals surface area contributed by atoms with Gasteiger partial charge in [0.2, 0.25) is 0 Å². The van der Waals surface area contributed by atoms with E-state index in [4.69, 9.17) is 0 Å². The zero-order chi connectivity index (χ0) is 12.5. The second-order valence-electron chi connectivity index (χ2n) is 4.85. The Hall–Kier alpha value is -0.900. The number of hydrogen-bond donors (Lipinski definition) is 1. The molecule has 0 spiro atoms. The Labute approximate surface area is 109 Å². The third-order valence-electron chi connectivity index (χ3n) is 3.30. The Morgan fingerprint density at radius 2 is 2.06 bits per heavy atom. The van der Waals surface area contributed by atoms with Crippen LogP contribution in [0.25, 0.3) is 0 Å². The molecule has 0 atom stereocenters. The van der Waals surface area contributed by atoms with E-state index in [1.807, 2.05) is 6.92 Å². The summed E-state index contributed by atoms with van der Waals surface area (Å²) in [5, 5.41) is 2.94. The minimum Gasteiger partial charge on any atom is -0.347 e. The summed E-state index contributed by atoms with van der Waals surface area (Å²) in [5.74, 6) is -0.808. The summed E-state index contributed by atoms with van der Waals surface area (Å²) in [5.41, 5.74) is -0.0577. The molecule has 1 aliphatic carbocycles. The summed E-state index contributed by atoms with van der Waals surface area (Å²) in [6.45, 7) is 2.02. The second-order valence-corrected chi connectivity index (χ2v) is 5.76. The lowest BCUT2D eigenvalue weighted by atomic mass is 10.00. The molecule has 1 amide bonds. The molecular weight excluding hydrogens is 285 g/mol. The van der Waals surface area contributed by atoms with Gasteiger partial charge in [0.25, 0.3) is 5.91 Å². The van der Waals surface area contributed by atoms with Crippen molar-refractivity contribution in [3.63, 3.8) is 0 Å². The molecule has 1 aliphatic rings. The zero-order valence-electron chi connectivity index (χ0n) is 9.72. The first-order valence-electron chi connectivity index (χ1n) is 5.78. The Balaban J connectivity index is 2.14. The van der Waals surface area contributed by atoms with E-state index in [-0.39, 0.29) is 17.0 Å². The summed E-state index contributed by atoms with van der Waals surface area (Å²) in [6.07, 6.45) is 4.19. The Bertz CT molecular complexity index is 441. The lowest BCUT2D eigenvalue weighted by molar-refractivity contribution is 0.0904. The van der Waals surface area contributed by atoms with Crippen molar-refractivity contribution in [2.45, 2.75) is 38.1 Å². The van der Waals surface area contributed by atoms with Crippen molar-refractivity contribution in [1.29, 1.82) is 0 Å². The fraction of sp³-hybridized carbons (Fsp3) is 0.462. The van der Waals surface area contributed by atoms with E-state index < -0.39 is 5.82 Å². The fourth-order valence-electron chi connectivity index (χ4n) is 2.30. The van der Waals surface area contributed by atoms with E-state index in [1.165, 1.54) is 12.1 Å². The van der Waals surface area contributed by atoms with Crippen LogP contribution in [-0.2, 0) is 0 Å². The summed E-state index contributed by atoms with van der Waals surface area (Å²) < 4.78 is 14.2. The van der Waals surface area contributed by atoms with E-state index in [0.717, 1.165) is 25.7 Å². The highest BCUT2D eigenvalue weighted by atomic mass is 79.9. The highest BCUT2D eigenvalue weighted by molar-refractivity contribution is 9.10. The number of carbonyl (C=O) groups excluding carboxylic acids is 1. The molecule has 1 aromatic rings. The van der Waals surface area contributed by atoms with Crippen molar-refractivity contribution in [3.8, 4) is 0 Å². The molecule has 1 fully saturated rings. The lowest BCUT2D eigenvalue weighted by Gasteiger charge is -2.25. The van der Waals surface area contributed by atoms with Crippen LogP contribution in [0, 0.1) is 5.82 Å². The number of nitrogens with one attached hydrogen (secondary N) is 1. The number of halogens is 2. The van der Waals surface area contributed by atoms with Crippen molar-refractivity contribution in [1.82, 2.24) is 5.32 Å². The minimum atomic E-state index is -0.488. The van der Waals surface area contributed by atoms with Crippen molar-refractivity contribution in [3.05, 3.63) is 34.1 Å². The van der Waals surface area contributed by atoms with Crippen LogP contribution in [0.1, 0.15) is 43.0 Å². The van der Waals surface area contributed by atoms with Gasteiger partial charge in [-0.3, -0.25) is 4.79 Å². The minimum absolute atomic E-state index is 0.112. The summed E-state index contributed by atoms with van der Waals surface area (Å²) in [7, 11) is 0. The van der Waals surface area contributed by atoms with Gasteiger partial charge in [-0.05, 0) is 38.0 Å². The van der Waals surface area contributed by atoms with Gasteiger partial charge >= 0.3 is 0 Å². The Morgan fingerprint density at radius 3 is 2.65 bits per heavy atom. The van der Waals surface area contributed by atoms with Crippen molar-refractivity contribution in [2.24, 2.45) is 0 Å². The van der Waals surface area contributed by atoms with Crippen LogP contribution in [0.5, 0.6) is 0 Å². The number of carbonyl (C=O) groups is 1. The third-order valence-corrected chi connectivity index (χ3v) is 3.79. The van der Waals surface area contributed by atoms with E-state index in [2.05, 4.69) is 21.2 Å². The number of rotatable bonds is 2. The molecule has 0 aromatic heterocycles. The van der Waals surface area contributed by atoms with Crippen LogP contribution in [0.2, 0.25) is 0 Å². The van der Waals surface area contributed by atoms with E-state index >= 15 is 0 Å². The molecule has 2 nitrogen and oxygen atoms in total. The van der Waals surface area contributed by atoms with Crippen LogP contribution < -0.4 is 5.32 Å². The maximum Gasteiger partial charge on any atom is 0.254 e. The molecule has 92 valence electrons. The standard InChI is InChI=1S/C13H15BrFNO/c1-13(6-2-3-7-13)16-12(17)10-5-4-9(14)8-11(10)15/h4-5,8H,2-3,6-7H2,1H3,(H,16,17). The molecule has 1 saturated carbocycles. The molecule has 2 rings (SSSR count). The van der Waals surface area contributed by atoms with Gasteiger partial charge < -0.3 is 5.32 Å². The number of hydrogen-bond acceptors (Lipinski definition) is 1. The monoisotopic (exact) mass is 299 g/mol. The SMILES string of the molecule is CC1(NC(=O)c2ccc(Br)cc2F)CCCC1. The molecule has 0 aliphatic heterocycles. The van der Waals surface area contributed by atoms with Gasteiger partial charge in [0.1, 0.15) is 5.82 Å². The van der Waals surface area contributed by atoms with Gasteiger partial charge in [-0.2, -0.15) is 0 Å². The van der Waals surface area contributed by atoms with Crippen LogP contribution >= 0.6 is 15.9 Å². The van der Waals surface area contributed by atoms with Gasteiger partial charge in [0, 0.05) is 10.0 Å². The van der Waals surface area contributed by atoms with Crippen LogP contribution in [0.4, 0.5) is 4.39 Å². The topological polar surface area (TPSA) is 29.1 Å². The van der Waals surface area contributed by atoms with Crippen LogP contribution in [-0.4, -0.2) is 11.4 Å². The molecule has 17 heavy (non-hydrogen) atoms. The normalized spacial score (nSPS) is 18.1. The molecule has 1 aromatic carbocycles. The molecule has 0 saturated heterocycles. The first kappa shape index (κ1) is 12.6. The van der Waals surface area contributed by atoms with Crippen LogP contribution in [0.3, 0.4) is 0 Å². The van der Waals surface area contributed by atoms with Gasteiger partial charge in [-0.25, -0.2) is 4.39 Å². The van der Waals surface area contributed by atoms with Crippen molar-refractivity contribution < 1.29 is 9.18 Å². The molecule has 0 heterocycles. The van der Waals surface area contributed by atoms with Gasteiger partial charge in [-0.1, -0.05) is 28.8 Å². The summed E-state index contributed by atoms with van der Waals surface area (Å²) >= 11 is 3.17. The average Bonchev–Trinajstić information content (AvgIpc) is 2.64. The van der Waals surface area contributed by atoms with E-state index in [0.29, 0.717) is 4.47 Å². The van der Waals surface area contributed by atoms with Gasteiger partial charge in [0.15, 0.2) is 0 Å². The number of benzene rings is 1. The molecule has 0 unspecified atom stereocenters. The largest absolute Gasteiger partial charge is 0.347 e. The first-order valence-corrected chi connectivity index (χ1v) is 6.57. The van der Waals surface area contributed by atoms with Crippen molar-refractivity contribution in [2.75, 3.05) is 0 Å². The maximum atomic E-state index is 13.6. The second kappa shape index (κ2) is 4.77. The van der Waals surface area contributed by atoms with E-state index in [1.54, 1.807) is 6.07 Å². The average molecular weight is 300 g/mol. The lowest BCUT2D eigenvalue weighted by Crippen LogP contribution is -2.43. The zero-order valence-corrected chi connectivity index (χ0v) is 11.3. The van der Waals surface area contributed by atoms with E-state index in [9.17, 15) is 9.18 Å². The molecule has 0 radical (unpaired) electrons. The Morgan fingerprint density at radius 1 is 1.41 bits per heavy atom. The predicted octanol–water partition coefficient (Wildman–Crippen LogP) is 3.65. The molecular formula is C13H15BrFNO. The first-order chi connectivity index (χ1) is 8.00. The number of amides is 1.